The molecule has 0 aromatic rings. The second-order valence-electron chi connectivity index (χ2n) is 1.35. The van der Waals surface area contributed by atoms with Crippen LogP contribution in [0.2, 0.25) is 0 Å². The first-order chi connectivity index (χ1) is 3.81. The minimum Gasteiger partial charge on any atom is -0.358 e. The average Bonchev–Trinajstić information content (AvgIpc) is 1.83. The van der Waals surface area contributed by atoms with Crippen LogP contribution in [-0.4, -0.2) is 18.5 Å². The van der Waals surface area contributed by atoms with Crippen LogP contribution >= 0.6 is 11.6 Å². The molecule has 0 saturated carbocycles. The van der Waals surface area contributed by atoms with E-state index in [0.29, 0.717) is 6.42 Å². The summed E-state index contributed by atoms with van der Waals surface area (Å²) in [4.78, 5) is 10.4. The Morgan fingerprint density at radius 1 is 1.75 bits per heavy atom. The molecule has 0 N–H and O–H groups in total. The van der Waals surface area contributed by atoms with Gasteiger partial charge in [0.2, 0.25) is 0 Å². The summed E-state index contributed by atoms with van der Waals surface area (Å²) >= 11 is 5.13. The standard InChI is InChI=1S/C5H9ClO2/c1-2-5(7)3-8-4-6/h2-4H2,1H3. The van der Waals surface area contributed by atoms with Gasteiger partial charge < -0.3 is 4.74 Å². The molecule has 0 heterocycles. The summed E-state index contributed by atoms with van der Waals surface area (Å²) in [5.74, 6) is 0.0886. The Hall–Kier alpha value is -0.0800. The quantitative estimate of drug-likeness (QED) is 0.543. The maximum absolute atomic E-state index is 10.4. The Bertz CT molecular complexity index is 72.8. The predicted molar refractivity (Wildman–Crippen MR) is 32.0 cm³/mol. The second-order valence-corrected chi connectivity index (χ2v) is 1.57. The van der Waals surface area contributed by atoms with Crippen molar-refractivity contribution in [2.75, 3.05) is 12.7 Å². The molecule has 0 aromatic heterocycles. The normalized spacial score (nSPS) is 9.25. The van der Waals surface area contributed by atoms with Crippen molar-refractivity contribution < 1.29 is 9.53 Å². The molecule has 0 atom stereocenters. The Balaban J connectivity index is 2.99. The Morgan fingerprint density at radius 3 is 2.75 bits per heavy atom. The molecule has 0 amide bonds. The van der Waals surface area contributed by atoms with E-state index < -0.39 is 0 Å². The highest BCUT2D eigenvalue weighted by Gasteiger charge is 1.94. The molecule has 0 spiro atoms. The van der Waals surface area contributed by atoms with Crippen LogP contribution in [0.4, 0.5) is 0 Å². The van der Waals surface area contributed by atoms with Gasteiger partial charge >= 0.3 is 0 Å². The minimum atomic E-state index is 0.0886. The molecule has 3 heteroatoms. The van der Waals surface area contributed by atoms with Gasteiger partial charge in [-0.15, -0.1) is 0 Å². The van der Waals surface area contributed by atoms with E-state index in [2.05, 4.69) is 4.74 Å². The second kappa shape index (κ2) is 5.06. The molecule has 8 heavy (non-hydrogen) atoms. The zero-order valence-electron chi connectivity index (χ0n) is 4.82. The number of halogens is 1. The number of alkyl halides is 1. The van der Waals surface area contributed by atoms with E-state index >= 15 is 0 Å². The summed E-state index contributed by atoms with van der Waals surface area (Å²) in [6.45, 7) is 1.94. The van der Waals surface area contributed by atoms with Crippen LogP contribution in [0.1, 0.15) is 13.3 Å². The topological polar surface area (TPSA) is 26.3 Å². The van der Waals surface area contributed by atoms with Crippen molar-refractivity contribution in [2.24, 2.45) is 0 Å². The largest absolute Gasteiger partial charge is 0.358 e. The van der Waals surface area contributed by atoms with E-state index in [-0.39, 0.29) is 18.5 Å². The maximum Gasteiger partial charge on any atom is 0.158 e. The monoisotopic (exact) mass is 136 g/mol. The molecule has 0 radical (unpaired) electrons. The molecule has 0 rings (SSSR count). The summed E-state index contributed by atoms with van der Waals surface area (Å²) in [6, 6.07) is 0.103. The van der Waals surface area contributed by atoms with Crippen molar-refractivity contribution in [1.29, 1.82) is 0 Å². The van der Waals surface area contributed by atoms with Gasteiger partial charge in [0, 0.05) is 6.42 Å². The van der Waals surface area contributed by atoms with Crippen LogP contribution in [0, 0.1) is 0 Å². The van der Waals surface area contributed by atoms with Crippen molar-refractivity contribution >= 4 is 17.4 Å². The van der Waals surface area contributed by atoms with Gasteiger partial charge in [-0.3, -0.25) is 4.79 Å². The van der Waals surface area contributed by atoms with Crippen molar-refractivity contribution in [1.82, 2.24) is 0 Å². The van der Waals surface area contributed by atoms with Gasteiger partial charge in [0.15, 0.2) is 5.78 Å². The summed E-state index contributed by atoms with van der Waals surface area (Å²) in [7, 11) is 0. The van der Waals surface area contributed by atoms with Crippen molar-refractivity contribution in [3.05, 3.63) is 0 Å². The zero-order chi connectivity index (χ0) is 6.41. The summed E-state index contributed by atoms with van der Waals surface area (Å²) in [5.41, 5.74) is 0. The van der Waals surface area contributed by atoms with Crippen LogP contribution < -0.4 is 0 Å². The molecule has 0 aromatic carbocycles. The lowest BCUT2D eigenvalue weighted by Crippen LogP contribution is -2.05. The zero-order valence-corrected chi connectivity index (χ0v) is 5.57. The first-order valence-electron chi connectivity index (χ1n) is 2.46. The van der Waals surface area contributed by atoms with Gasteiger partial charge in [-0.05, 0) is 0 Å². The highest BCUT2D eigenvalue weighted by atomic mass is 35.5. The van der Waals surface area contributed by atoms with Gasteiger partial charge in [-0.25, -0.2) is 0 Å². The first kappa shape index (κ1) is 7.92. The van der Waals surface area contributed by atoms with Crippen LogP contribution in [0.25, 0.3) is 0 Å². The highest BCUT2D eigenvalue weighted by molar-refractivity contribution is 6.17. The third-order valence-electron chi connectivity index (χ3n) is 0.735. The molecular formula is C5H9ClO2. The van der Waals surface area contributed by atoms with Crippen LogP contribution in [-0.2, 0) is 9.53 Å². The molecule has 0 bridgehead atoms. The molecule has 0 aliphatic heterocycles. The summed E-state index contributed by atoms with van der Waals surface area (Å²) < 4.78 is 4.60. The van der Waals surface area contributed by atoms with Crippen molar-refractivity contribution in [3.63, 3.8) is 0 Å². The van der Waals surface area contributed by atoms with E-state index in [1.165, 1.54) is 0 Å². The predicted octanol–water partition coefficient (Wildman–Crippen LogP) is 1.18. The van der Waals surface area contributed by atoms with Gasteiger partial charge in [-0.2, -0.15) is 0 Å². The fourth-order valence-electron chi connectivity index (χ4n) is 0.254. The van der Waals surface area contributed by atoms with Gasteiger partial charge in [-0.1, -0.05) is 18.5 Å². The number of hydrogen-bond donors (Lipinski definition) is 0. The average molecular weight is 137 g/mol. The Labute approximate surface area is 53.8 Å². The molecule has 0 fully saturated rings. The number of ether oxygens (including phenoxy) is 1. The van der Waals surface area contributed by atoms with Crippen molar-refractivity contribution in [2.45, 2.75) is 13.3 Å². The van der Waals surface area contributed by atoms with Gasteiger partial charge in [0.1, 0.15) is 12.7 Å². The first-order valence-corrected chi connectivity index (χ1v) is 3.00. The van der Waals surface area contributed by atoms with E-state index in [0.717, 1.165) is 0 Å². The van der Waals surface area contributed by atoms with E-state index in [1.54, 1.807) is 6.92 Å². The Kier molecular flexibility index (Phi) is 5.01. The molecule has 0 unspecified atom stereocenters. The molecule has 0 saturated heterocycles. The fraction of sp³-hybridized carbons (Fsp3) is 0.800. The molecule has 48 valence electrons. The number of ketones is 1. The lowest BCUT2D eigenvalue weighted by atomic mass is 10.3. The van der Waals surface area contributed by atoms with Gasteiger partial charge in [0.25, 0.3) is 0 Å². The maximum atomic E-state index is 10.4. The van der Waals surface area contributed by atoms with Crippen LogP contribution in [0.5, 0.6) is 0 Å². The van der Waals surface area contributed by atoms with E-state index in [4.69, 9.17) is 11.6 Å². The number of Topliss-reactive ketones (excluding diaryl/α,β-unsaturated/α-hetero) is 1. The van der Waals surface area contributed by atoms with E-state index in [9.17, 15) is 4.79 Å². The Morgan fingerprint density at radius 2 is 2.38 bits per heavy atom. The third kappa shape index (κ3) is 4.09. The number of rotatable bonds is 4. The minimum absolute atomic E-state index is 0.0886. The number of carbonyl (C=O) groups is 1. The summed E-state index contributed by atoms with van der Waals surface area (Å²) in [5, 5.41) is 0. The fourth-order valence-corrected chi connectivity index (χ4v) is 0.332. The van der Waals surface area contributed by atoms with Crippen LogP contribution in [0.3, 0.4) is 0 Å². The van der Waals surface area contributed by atoms with Crippen molar-refractivity contribution in [3.8, 4) is 0 Å². The summed E-state index contributed by atoms with van der Waals surface area (Å²) in [6.07, 6.45) is 0.525. The smallest absolute Gasteiger partial charge is 0.158 e. The number of hydrogen-bond acceptors (Lipinski definition) is 2. The van der Waals surface area contributed by atoms with E-state index in [1.807, 2.05) is 0 Å². The van der Waals surface area contributed by atoms with Gasteiger partial charge in [0.05, 0.1) is 0 Å². The third-order valence-corrected chi connectivity index (χ3v) is 0.889. The lowest BCUT2D eigenvalue weighted by Gasteiger charge is -1.93. The molecule has 0 aliphatic rings. The lowest BCUT2D eigenvalue weighted by molar-refractivity contribution is -0.122. The van der Waals surface area contributed by atoms with Crippen LogP contribution in [0.15, 0.2) is 0 Å². The number of carbonyl (C=O) groups excluding carboxylic acids is 1. The highest BCUT2D eigenvalue weighted by Crippen LogP contribution is 1.83. The molecule has 0 aliphatic carbocycles. The SMILES string of the molecule is CCC(=O)COCCl. The molecular weight excluding hydrogens is 128 g/mol. The molecule has 2 nitrogen and oxygen atoms in total.